The average Bonchev–Trinajstić information content (AvgIpc) is 3.02. The van der Waals surface area contributed by atoms with Gasteiger partial charge in [-0.15, -0.1) is 0 Å². The van der Waals surface area contributed by atoms with E-state index in [1.54, 1.807) is 39.0 Å². The van der Waals surface area contributed by atoms with E-state index in [0.29, 0.717) is 17.7 Å². The zero-order chi connectivity index (χ0) is 21.9. The van der Waals surface area contributed by atoms with E-state index >= 15 is 0 Å². The minimum atomic E-state index is -0.887. The first kappa shape index (κ1) is 21.9. The first-order valence-corrected chi connectivity index (χ1v) is 9.86. The molecular formula is C22H27NO7. The Hall–Kier alpha value is -2.84. The number of aromatic hydroxyl groups is 1. The zero-order valence-electron chi connectivity index (χ0n) is 17.4. The Labute approximate surface area is 175 Å². The van der Waals surface area contributed by atoms with Gasteiger partial charge >= 0.3 is 12.1 Å². The van der Waals surface area contributed by atoms with Gasteiger partial charge in [-0.05, 0) is 45.4 Å². The van der Waals surface area contributed by atoms with Crippen LogP contribution < -0.4 is 4.90 Å². The number of amides is 1. The molecule has 1 saturated heterocycles. The fourth-order valence-electron chi connectivity index (χ4n) is 3.79. The summed E-state index contributed by atoms with van der Waals surface area (Å²) in [5, 5.41) is 10.0. The Balaban J connectivity index is 2.01. The summed E-state index contributed by atoms with van der Waals surface area (Å²) in [5.41, 5.74) is 1.19. The lowest BCUT2D eigenvalue weighted by molar-refractivity contribution is -0.147. The summed E-state index contributed by atoms with van der Waals surface area (Å²) in [7, 11) is 0. The summed E-state index contributed by atoms with van der Waals surface area (Å²) in [6.07, 6.45) is 3.17. The number of ether oxygens (including phenoxy) is 4. The van der Waals surface area contributed by atoms with Gasteiger partial charge in [-0.25, -0.2) is 9.59 Å². The molecule has 1 aromatic rings. The third kappa shape index (κ3) is 4.49. The van der Waals surface area contributed by atoms with Gasteiger partial charge in [0.1, 0.15) is 24.6 Å². The predicted molar refractivity (Wildman–Crippen MR) is 109 cm³/mol. The van der Waals surface area contributed by atoms with Crippen LogP contribution in [-0.2, 0) is 23.7 Å². The standard InChI is InChI=1S/C22H27NO7/c1-5-12-28-21(26)23-16-11-10-14(24)13-15(16)19-20(30-22(3,4)29-19)17(23)8-7-9-18(25)27-6-2/h5,7,9-11,13,17,19-20,24H,1,6,8,12H2,2-4H3/t17-,19-,20-/m0/s1. The number of nitrogens with zero attached hydrogens (tertiary/aromatic N) is 1. The number of carbonyl (C=O) groups excluding carboxylic acids is 2. The largest absolute Gasteiger partial charge is 0.508 e. The highest BCUT2D eigenvalue weighted by Crippen LogP contribution is 2.49. The normalized spacial score (nSPS) is 24.2. The van der Waals surface area contributed by atoms with Crippen LogP contribution >= 0.6 is 0 Å². The summed E-state index contributed by atoms with van der Waals surface area (Å²) in [6, 6.07) is 4.21. The Morgan fingerprint density at radius 1 is 1.30 bits per heavy atom. The van der Waals surface area contributed by atoms with Crippen LogP contribution in [0.5, 0.6) is 5.75 Å². The molecule has 1 amide bonds. The molecule has 0 bridgehead atoms. The number of phenols is 1. The molecule has 1 fully saturated rings. The van der Waals surface area contributed by atoms with Crippen molar-refractivity contribution in [2.75, 3.05) is 18.1 Å². The molecular weight excluding hydrogens is 390 g/mol. The number of esters is 1. The maximum absolute atomic E-state index is 12.9. The first-order valence-electron chi connectivity index (χ1n) is 9.86. The summed E-state index contributed by atoms with van der Waals surface area (Å²) in [4.78, 5) is 26.1. The molecule has 0 aromatic heterocycles. The topological polar surface area (TPSA) is 94.5 Å². The Morgan fingerprint density at radius 2 is 2.07 bits per heavy atom. The van der Waals surface area contributed by atoms with E-state index in [-0.39, 0.29) is 19.0 Å². The van der Waals surface area contributed by atoms with E-state index in [4.69, 9.17) is 18.9 Å². The van der Waals surface area contributed by atoms with Crippen molar-refractivity contribution in [1.82, 2.24) is 0 Å². The van der Waals surface area contributed by atoms with Gasteiger partial charge in [-0.1, -0.05) is 18.7 Å². The molecule has 0 radical (unpaired) electrons. The number of anilines is 1. The number of phenolic OH excluding ortho intramolecular Hbond substituents is 1. The highest BCUT2D eigenvalue weighted by atomic mass is 16.8. The summed E-state index contributed by atoms with van der Waals surface area (Å²) < 4.78 is 22.5. The molecule has 30 heavy (non-hydrogen) atoms. The minimum Gasteiger partial charge on any atom is -0.508 e. The molecule has 0 aliphatic carbocycles. The van der Waals surface area contributed by atoms with Crippen molar-refractivity contribution in [2.24, 2.45) is 0 Å². The van der Waals surface area contributed by atoms with Crippen molar-refractivity contribution in [3.8, 4) is 5.75 Å². The number of hydrogen-bond donors (Lipinski definition) is 1. The zero-order valence-corrected chi connectivity index (χ0v) is 17.4. The van der Waals surface area contributed by atoms with Crippen LogP contribution in [0.2, 0.25) is 0 Å². The SMILES string of the molecule is C=CCOC(=O)N1c2ccc(O)cc2[C@@H]2OC(C)(C)O[C@H]2[C@@H]1CC=CC(=O)OCC. The third-order valence-corrected chi connectivity index (χ3v) is 4.86. The lowest BCUT2D eigenvalue weighted by atomic mass is 9.89. The lowest BCUT2D eigenvalue weighted by Gasteiger charge is -2.41. The van der Waals surface area contributed by atoms with Crippen molar-refractivity contribution in [1.29, 1.82) is 0 Å². The molecule has 3 rings (SSSR count). The highest BCUT2D eigenvalue weighted by Gasteiger charge is 2.53. The molecule has 1 N–H and O–H groups in total. The van der Waals surface area contributed by atoms with Crippen LogP contribution in [0.4, 0.5) is 10.5 Å². The molecule has 2 aliphatic heterocycles. The Morgan fingerprint density at radius 3 is 2.77 bits per heavy atom. The molecule has 8 heteroatoms. The number of benzene rings is 1. The monoisotopic (exact) mass is 417 g/mol. The minimum absolute atomic E-state index is 0.0467. The smallest absolute Gasteiger partial charge is 0.414 e. The van der Waals surface area contributed by atoms with Crippen LogP contribution in [-0.4, -0.2) is 48.3 Å². The third-order valence-electron chi connectivity index (χ3n) is 4.86. The fraction of sp³-hybridized carbons (Fsp3) is 0.455. The predicted octanol–water partition coefficient (Wildman–Crippen LogP) is 3.61. The van der Waals surface area contributed by atoms with E-state index in [2.05, 4.69) is 6.58 Å². The Kier molecular flexibility index (Phi) is 6.48. The number of carbonyl (C=O) groups is 2. The van der Waals surface area contributed by atoms with Crippen LogP contribution in [0.3, 0.4) is 0 Å². The van der Waals surface area contributed by atoms with Crippen LogP contribution in [0.1, 0.15) is 38.9 Å². The number of fused-ring (bicyclic) bond motifs is 3. The molecule has 2 heterocycles. The maximum atomic E-state index is 12.9. The second-order valence-corrected chi connectivity index (χ2v) is 7.46. The van der Waals surface area contributed by atoms with Crippen LogP contribution in [0.25, 0.3) is 0 Å². The summed E-state index contributed by atoms with van der Waals surface area (Å²) in [5.74, 6) is -1.29. The van der Waals surface area contributed by atoms with E-state index in [1.807, 2.05) is 0 Å². The summed E-state index contributed by atoms with van der Waals surface area (Å²) >= 11 is 0. The van der Waals surface area contributed by atoms with E-state index < -0.39 is 36.1 Å². The first-order chi connectivity index (χ1) is 14.3. The average molecular weight is 417 g/mol. The van der Waals surface area contributed by atoms with Gasteiger partial charge in [0, 0.05) is 11.6 Å². The molecule has 2 aliphatic rings. The molecule has 0 unspecified atom stereocenters. The molecule has 1 aromatic carbocycles. The molecule has 0 spiro atoms. The molecule has 162 valence electrons. The van der Waals surface area contributed by atoms with Crippen molar-refractivity contribution < 1.29 is 33.6 Å². The van der Waals surface area contributed by atoms with Crippen molar-refractivity contribution >= 4 is 17.7 Å². The van der Waals surface area contributed by atoms with Gasteiger partial charge in [0.15, 0.2) is 5.79 Å². The van der Waals surface area contributed by atoms with Gasteiger partial charge in [0.25, 0.3) is 0 Å². The second kappa shape index (κ2) is 8.89. The molecule has 0 saturated carbocycles. The Bertz CT molecular complexity index is 848. The quantitative estimate of drug-likeness (QED) is 0.429. The van der Waals surface area contributed by atoms with E-state index in [0.717, 1.165) is 0 Å². The lowest BCUT2D eigenvalue weighted by Crippen LogP contribution is -2.52. The number of rotatable bonds is 6. The highest BCUT2D eigenvalue weighted by molar-refractivity contribution is 5.91. The van der Waals surface area contributed by atoms with Gasteiger partial charge < -0.3 is 24.1 Å². The van der Waals surface area contributed by atoms with E-state index in [1.165, 1.54) is 23.1 Å². The van der Waals surface area contributed by atoms with Gasteiger partial charge in [0.2, 0.25) is 0 Å². The van der Waals surface area contributed by atoms with Crippen molar-refractivity contribution in [3.05, 3.63) is 48.6 Å². The molecule has 8 nitrogen and oxygen atoms in total. The molecule has 3 atom stereocenters. The maximum Gasteiger partial charge on any atom is 0.414 e. The van der Waals surface area contributed by atoms with Gasteiger partial charge in [0.05, 0.1) is 18.3 Å². The van der Waals surface area contributed by atoms with E-state index in [9.17, 15) is 14.7 Å². The fourth-order valence-corrected chi connectivity index (χ4v) is 3.79. The number of hydrogen-bond acceptors (Lipinski definition) is 7. The van der Waals surface area contributed by atoms with Gasteiger partial charge in [-0.3, -0.25) is 4.90 Å². The second-order valence-electron chi connectivity index (χ2n) is 7.46. The summed E-state index contributed by atoms with van der Waals surface area (Å²) in [6.45, 7) is 9.21. The van der Waals surface area contributed by atoms with Crippen LogP contribution in [0.15, 0.2) is 43.0 Å². The van der Waals surface area contributed by atoms with Crippen molar-refractivity contribution in [3.63, 3.8) is 0 Å². The van der Waals surface area contributed by atoms with Crippen molar-refractivity contribution in [2.45, 2.75) is 51.2 Å². The van der Waals surface area contributed by atoms with Gasteiger partial charge in [-0.2, -0.15) is 0 Å². The van der Waals surface area contributed by atoms with Crippen LogP contribution in [0, 0.1) is 0 Å².